The van der Waals surface area contributed by atoms with Gasteiger partial charge < -0.3 is 9.84 Å². The third-order valence-corrected chi connectivity index (χ3v) is 2.48. The number of terminal acetylenes is 1. The fraction of sp³-hybridized carbons (Fsp3) is 0.750. The van der Waals surface area contributed by atoms with Crippen molar-refractivity contribution in [3.63, 3.8) is 0 Å². The molecule has 0 bridgehead atoms. The first-order valence-electron chi connectivity index (χ1n) is 3.86. The molecule has 0 spiro atoms. The number of hydrogen-bond acceptors (Lipinski definition) is 2. The molecule has 0 radical (unpaired) electrons. The highest BCUT2D eigenvalue weighted by Gasteiger charge is 2.40. The number of ether oxygens (including phenoxy) is 1. The molecule has 3 atom stereocenters. The maximum Gasteiger partial charge on any atom is 0.141 e. The predicted octanol–water partition coefficient (Wildman–Crippen LogP) is -0.634. The molecule has 1 rings (SSSR count). The fourth-order valence-corrected chi connectivity index (χ4v) is 1.41. The van der Waals surface area contributed by atoms with Gasteiger partial charge in [0, 0.05) is 11.4 Å². The second kappa shape index (κ2) is 2.88. The van der Waals surface area contributed by atoms with Crippen molar-refractivity contribution >= 4 is 7.85 Å². The number of hydrogen-bond donors (Lipinski definition) is 1. The van der Waals surface area contributed by atoms with Crippen LogP contribution < -0.4 is 0 Å². The van der Waals surface area contributed by atoms with E-state index >= 15 is 0 Å². The van der Waals surface area contributed by atoms with Gasteiger partial charge in [-0.05, 0) is 13.3 Å². The molecule has 1 heterocycles. The molecule has 0 saturated carbocycles. The summed E-state index contributed by atoms with van der Waals surface area (Å²) in [4.78, 5) is 0. The molecule has 1 aliphatic rings. The summed E-state index contributed by atoms with van der Waals surface area (Å²) in [5, 5.41) is 8.82. The first kappa shape index (κ1) is 8.64. The number of aliphatic hydroxyl groups excluding tert-OH is 1. The van der Waals surface area contributed by atoms with E-state index in [0.717, 1.165) is 6.42 Å². The molecular formula is C8H13BO2. The molecular weight excluding hydrogens is 139 g/mol. The summed E-state index contributed by atoms with van der Waals surface area (Å²) in [5.74, 6) is 2.72. The second-order valence-corrected chi connectivity index (χ2v) is 3.35. The first-order valence-corrected chi connectivity index (χ1v) is 3.86. The van der Waals surface area contributed by atoms with Crippen LogP contribution in [-0.4, -0.2) is 31.7 Å². The van der Waals surface area contributed by atoms with Crippen LogP contribution >= 0.6 is 0 Å². The molecule has 1 aliphatic heterocycles. The van der Waals surface area contributed by atoms with Crippen LogP contribution in [0.15, 0.2) is 0 Å². The van der Waals surface area contributed by atoms with E-state index in [1.54, 1.807) is 0 Å². The van der Waals surface area contributed by atoms with Gasteiger partial charge in [0.05, 0.1) is 12.7 Å². The van der Waals surface area contributed by atoms with E-state index in [0.29, 0.717) is 0 Å². The van der Waals surface area contributed by atoms with Crippen LogP contribution in [-0.2, 0) is 4.74 Å². The average Bonchev–Trinajstić information content (AvgIpc) is 2.29. The lowest BCUT2D eigenvalue weighted by Gasteiger charge is -2.19. The summed E-state index contributed by atoms with van der Waals surface area (Å²) in [6.07, 6.45) is 6.06. The van der Waals surface area contributed by atoms with Gasteiger partial charge in [-0.1, -0.05) is 5.92 Å². The number of rotatable bonds is 1. The molecule has 1 fully saturated rings. The summed E-state index contributed by atoms with van der Waals surface area (Å²) in [6, 6.07) is 0.0599. The summed E-state index contributed by atoms with van der Waals surface area (Å²) in [7, 11) is 1.95. The molecule has 3 heteroatoms. The Morgan fingerprint density at radius 3 is 2.82 bits per heavy atom. The van der Waals surface area contributed by atoms with Crippen LogP contribution in [0.5, 0.6) is 0 Å². The maximum atomic E-state index is 8.82. The van der Waals surface area contributed by atoms with E-state index in [9.17, 15) is 0 Å². The van der Waals surface area contributed by atoms with E-state index in [1.165, 1.54) is 0 Å². The van der Waals surface area contributed by atoms with Gasteiger partial charge in [-0.25, -0.2) is 0 Å². The van der Waals surface area contributed by atoms with Gasteiger partial charge in [-0.2, -0.15) is 0 Å². The highest BCUT2D eigenvalue weighted by Crippen LogP contribution is 2.35. The molecule has 1 N–H and O–H groups in total. The van der Waals surface area contributed by atoms with Crippen molar-refractivity contribution in [1.29, 1.82) is 0 Å². The SMILES string of the molecule is B[C@@H]1O[C@H](CO)C[C@]1(C)C#C. The molecule has 0 amide bonds. The minimum atomic E-state index is -0.187. The summed E-state index contributed by atoms with van der Waals surface area (Å²) in [5.41, 5.74) is -0.187. The van der Waals surface area contributed by atoms with E-state index in [-0.39, 0.29) is 24.1 Å². The van der Waals surface area contributed by atoms with Crippen molar-refractivity contribution in [3.8, 4) is 12.3 Å². The standard InChI is InChI=1S/C8H13BO2/c1-3-8(2)4-6(5-10)11-7(8)9/h1,6-7,10H,4-5,9H2,2H3/t6-,7+,8-/m0/s1. The van der Waals surface area contributed by atoms with Gasteiger partial charge in [0.15, 0.2) is 0 Å². The monoisotopic (exact) mass is 152 g/mol. The Kier molecular flexibility index (Phi) is 2.27. The third-order valence-electron chi connectivity index (χ3n) is 2.48. The Labute approximate surface area is 68.3 Å². The molecule has 0 unspecified atom stereocenters. The lowest BCUT2D eigenvalue weighted by molar-refractivity contribution is 0.0375. The number of aliphatic hydroxyl groups is 1. The lowest BCUT2D eigenvalue weighted by Crippen LogP contribution is -2.25. The van der Waals surface area contributed by atoms with Gasteiger partial charge >= 0.3 is 0 Å². The summed E-state index contributed by atoms with van der Waals surface area (Å²) >= 11 is 0. The van der Waals surface area contributed by atoms with E-state index < -0.39 is 0 Å². The van der Waals surface area contributed by atoms with Gasteiger partial charge in [-0.3, -0.25) is 0 Å². The van der Waals surface area contributed by atoms with Gasteiger partial charge in [-0.15, -0.1) is 6.42 Å². The van der Waals surface area contributed by atoms with Crippen LogP contribution in [0, 0.1) is 17.8 Å². The zero-order chi connectivity index (χ0) is 8.48. The lowest BCUT2D eigenvalue weighted by atomic mass is 9.74. The van der Waals surface area contributed by atoms with Crippen LogP contribution in [0.1, 0.15) is 13.3 Å². The zero-order valence-electron chi connectivity index (χ0n) is 7.00. The van der Waals surface area contributed by atoms with Gasteiger partial charge in [0.25, 0.3) is 0 Å². The molecule has 0 aromatic carbocycles. The smallest absolute Gasteiger partial charge is 0.141 e. The van der Waals surface area contributed by atoms with Gasteiger partial charge in [0.1, 0.15) is 7.85 Å². The Bertz CT molecular complexity index is 187. The Morgan fingerprint density at radius 1 is 1.91 bits per heavy atom. The molecule has 0 aromatic heterocycles. The van der Waals surface area contributed by atoms with Crippen LogP contribution in [0.2, 0.25) is 0 Å². The Balaban J connectivity index is 2.67. The quantitative estimate of drug-likeness (QED) is 0.400. The normalized spacial score (nSPS) is 43.7. The van der Waals surface area contributed by atoms with Crippen LogP contribution in [0.4, 0.5) is 0 Å². The predicted molar refractivity (Wildman–Crippen MR) is 45.8 cm³/mol. The molecule has 0 aliphatic carbocycles. The molecule has 2 nitrogen and oxygen atoms in total. The van der Waals surface area contributed by atoms with E-state index in [4.69, 9.17) is 16.3 Å². The van der Waals surface area contributed by atoms with E-state index in [1.807, 2.05) is 14.8 Å². The second-order valence-electron chi connectivity index (χ2n) is 3.35. The minimum absolute atomic E-state index is 0.0599. The van der Waals surface area contributed by atoms with Crippen molar-refractivity contribution in [2.24, 2.45) is 5.41 Å². The minimum Gasteiger partial charge on any atom is -0.394 e. The Hall–Kier alpha value is -0.455. The zero-order valence-corrected chi connectivity index (χ0v) is 7.00. The third kappa shape index (κ3) is 1.42. The van der Waals surface area contributed by atoms with Crippen LogP contribution in [0.25, 0.3) is 0 Å². The maximum absolute atomic E-state index is 8.82. The largest absolute Gasteiger partial charge is 0.394 e. The van der Waals surface area contributed by atoms with Crippen LogP contribution in [0.3, 0.4) is 0 Å². The summed E-state index contributed by atoms with van der Waals surface area (Å²) in [6.45, 7) is 2.06. The molecule has 1 saturated heterocycles. The van der Waals surface area contributed by atoms with Crippen molar-refractivity contribution in [2.45, 2.75) is 25.5 Å². The Morgan fingerprint density at radius 2 is 2.55 bits per heavy atom. The average molecular weight is 152 g/mol. The molecule has 60 valence electrons. The van der Waals surface area contributed by atoms with Crippen molar-refractivity contribution in [2.75, 3.05) is 6.61 Å². The molecule has 11 heavy (non-hydrogen) atoms. The van der Waals surface area contributed by atoms with E-state index in [2.05, 4.69) is 5.92 Å². The first-order chi connectivity index (χ1) is 5.12. The van der Waals surface area contributed by atoms with Crippen molar-refractivity contribution in [3.05, 3.63) is 0 Å². The molecule has 0 aromatic rings. The van der Waals surface area contributed by atoms with Crippen molar-refractivity contribution < 1.29 is 9.84 Å². The fourth-order valence-electron chi connectivity index (χ4n) is 1.41. The highest BCUT2D eigenvalue weighted by molar-refractivity contribution is 6.12. The summed E-state index contributed by atoms with van der Waals surface area (Å²) < 4.78 is 5.42. The van der Waals surface area contributed by atoms with Gasteiger partial charge in [0.2, 0.25) is 0 Å². The topological polar surface area (TPSA) is 29.5 Å². The highest BCUT2D eigenvalue weighted by atomic mass is 16.5. The van der Waals surface area contributed by atoms with Crippen molar-refractivity contribution in [1.82, 2.24) is 0 Å².